The van der Waals surface area contributed by atoms with Gasteiger partial charge in [0.05, 0.1) is 6.10 Å². The van der Waals surface area contributed by atoms with E-state index in [1.165, 1.54) is 0 Å². The first-order valence-electron chi connectivity index (χ1n) is 5.82. The predicted octanol–water partition coefficient (Wildman–Crippen LogP) is 2.32. The number of nitrogens with zero attached hydrogens (tertiary/aromatic N) is 1. The summed E-state index contributed by atoms with van der Waals surface area (Å²) < 4.78 is 5.58. The highest BCUT2D eigenvalue weighted by molar-refractivity contribution is 5.31. The van der Waals surface area contributed by atoms with Crippen LogP contribution in [0.5, 0.6) is 5.88 Å². The number of ether oxygens (including phenoxy) is 1. The van der Waals surface area contributed by atoms with Crippen LogP contribution in [0.2, 0.25) is 0 Å². The topological polar surface area (TPSA) is 48.1 Å². The number of hydrogen-bond acceptors (Lipinski definition) is 3. The molecule has 2 atom stereocenters. The standard InChI is InChI=1S/C13H20N2O/c1-8(2)16-10-7-5-6-9(15-10)11-12(14)13(11,3)4/h5-8,11-12H,14H2,1-4H3. The molecular formula is C13H20N2O. The Labute approximate surface area is 97.0 Å². The highest BCUT2D eigenvalue weighted by Crippen LogP contribution is 2.56. The molecule has 3 heteroatoms. The van der Waals surface area contributed by atoms with Crippen molar-refractivity contribution in [1.82, 2.24) is 4.98 Å². The van der Waals surface area contributed by atoms with E-state index in [1.54, 1.807) is 0 Å². The molecule has 88 valence electrons. The Morgan fingerprint density at radius 2 is 2.00 bits per heavy atom. The van der Waals surface area contributed by atoms with E-state index in [0.717, 1.165) is 5.69 Å². The van der Waals surface area contributed by atoms with Crippen LogP contribution < -0.4 is 10.5 Å². The summed E-state index contributed by atoms with van der Waals surface area (Å²) >= 11 is 0. The van der Waals surface area contributed by atoms with Crippen LogP contribution in [0.25, 0.3) is 0 Å². The molecule has 0 aromatic carbocycles. The number of aromatic nitrogens is 1. The lowest BCUT2D eigenvalue weighted by molar-refractivity contribution is 0.232. The molecule has 1 saturated carbocycles. The molecule has 1 aromatic heterocycles. The number of pyridine rings is 1. The molecule has 0 bridgehead atoms. The lowest BCUT2D eigenvalue weighted by Crippen LogP contribution is -2.08. The minimum absolute atomic E-state index is 0.156. The average Bonchev–Trinajstić information content (AvgIpc) is 2.65. The molecule has 1 heterocycles. The van der Waals surface area contributed by atoms with Gasteiger partial charge in [0.15, 0.2) is 0 Å². The largest absolute Gasteiger partial charge is 0.475 e. The molecule has 2 N–H and O–H groups in total. The molecule has 16 heavy (non-hydrogen) atoms. The third-order valence-electron chi connectivity index (χ3n) is 3.33. The molecule has 0 aliphatic heterocycles. The molecule has 1 aromatic rings. The molecule has 2 unspecified atom stereocenters. The maximum Gasteiger partial charge on any atom is 0.213 e. The second-order valence-electron chi connectivity index (χ2n) is 5.39. The third-order valence-corrected chi connectivity index (χ3v) is 3.33. The van der Waals surface area contributed by atoms with Crippen LogP contribution >= 0.6 is 0 Å². The van der Waals surface area contributed by atoms with E-state index in [1.807, 2.05) is 32.0 Å². The SMILES string of the molecule is CC(C)Oc1cccc(C2C(N)C2(C)C)n1. The van der Waals surface area contributed by atoms with Crippen molar-refractivity contribution in [3.05, 3.63) is 23.9 Å². The van der Waals surface area contributed by atoms with Crippen molar-refractivity contribution in [2.24, 2.45) is 11.1 Å². The summed E-state index contributed by atoms with van der Waals surface area (Å²) in [4.78, 5) is 4.52. The van der Waals surface area contributed by atoms with Gasteiger partial charge in [-0.3, -0.25) is 0 Å². The van der Waals surface area contributed by atoms with E-state index >= 15 is 0 Å². The van der Waals surface area contributed by atoms with Gasteiger partial charge in [0.1, 0.15) is 0 Å². The van der Waals surface area contributed by atoms with Crippen LogP contribution in [0, 0.1) is 5.41 Å². The zero-order chi connectivity index (χ0) is 11.9. The summed E-state index contributed by atoms with van der Waals surface area (Å²) in [6, 6.07) is 6.13. The van der Waals surface area contributed by atoms with E-state index in [9.17, 15) is 0 Å². The minimum atomic E-state index is 0.156. The lowest BCUT2D eigenvalue weighted by atomic mass is 10.1. The monoisotopic (exact) mass is 220 g/mol. The molecule has 0 radical (unpaired) electrons. The van der Waals surface area contributed by atoms with Crippen molar-refractivity contribution in [2.45, 2.75) is 45.8 Å². The van der Waals surface area contributed by atoms with Crippen molar-refractivity contribution in [2.75, 3.05) is 0 Å². The maximum absolute atomic E-state index is 6.05. The van der Waals surface area contributed by atoms with Gasteiger partial charge in [-0.2, -0.15) is 0 Å². The highest BCUT2D eigenvalue weighted by atomic mass is 16.5. The molecule has 0 spiro atoms. The van der Waals surface area contributed by atoms with Crippen molar-refractivity contribution in [1.29, 1.82) is 0 Å². The first kappa shape index (κ1) is 11.4. The van der Waals surface area contributed by atoms with Crippen LogP contribution in [0.15, 0.2) is 18.2 Å². The highest BCUT2D eigenvalue weighted by Gasteiger charge is 2.57. The van der Waals surface area contributed by atoms with Crippen LogP contribution in [-0.2, 0) is 0 Å². The molecular weight excluding hydrogens is 200 g/mol. The zero-order valence-electron chi connectivity index (χ0n) is 10.4. The van der Waals surface area contributed by atoms with Crippen molar-refractivity contribution < 1.29 is 4.74 Å². The molecule has 2 rings (SSSR count). The number of rotatable bonds is 3. The summed E-state index contributed by atoms with van der Waals surface area (Å²) in [7, 11) is 0. The summed E-state index contributed by atoms with van der Waals surface area (Å²) in [5.41, 5.74) is 7.27. The van der Waals surface area contributed by atoms with E-state index in [0.29, 0.717) is 11.8 Å². The first-order chi connectivity index (χ1) is 7.43. The summed E-state index contributed by atoms with van der Waals surface area (Å²) in [5.74, 6) is 1.06. The second-order valence-corrected chi connectivity index (χ2v) is 5.39. The number of nitrogens with two attached hydrogens (primary N) is 1. The zero-order valence-corrected chi connectivity index (χ0v) is 10.4. The normalized spacial score (nSPS) is 26.9. The first-order valence-corrected chi connectivity index (χ1v) is 5.82. The lowest BCUT2D eigenvalue weighted by Gasteiger charge is -2.10. The Bertz CT molecular complexity index is 387. The maximum atomic E-state index is 6.05. The summed E-state index contributed by atoms with van der Waals surface area (Å²) in [5, 5.41) is 0. The Morgan fingerprint density at radius 3 is 2.50 bits per heavy atom. The quantitative estimate of drug-likeness (QED) is 0.850. The van der Waals surface area contributed by atoms with Gasteiger partial charge in [-0.1, -0.05) is 19.9 Å². The van der Waals surface area contributed by atoms with Crippen LogP contribution in [0.4, 0.5) is 0 Å². The second kappa shape index (κ2) is 3.74. The van der Waals surface area contributed by atoms with Gasteiger partial charge in [-0.25, -0.2) is 4.98 Å². The van der Waals surface area contributed by atoms with Gasteiger partial charge in [-0.05, 0) is 25.3 Å². The van der Waals surface area contributed by atoms with Crippen molar-refractivity contribution in [3.8, 4) is 5.88 Å². The van der Waals surface area contributed by atoms with Crippen LogP contribution in [-0.4, -0.2) is 17.1 Å². The summed E-state index contributed by atoms with van der Waals surface area (Å²) in [6.45, 7) is 8.36. The van der Waals surface area contributed by atoms with E-state index in [-0.39, 0.29) is 17.6 Å². The van der Waals surface area contributed by atoms with Gasteiger partial charge in [-0.15, -0.1) is 0 Å². The van der Waals surface area contributed by atoms with E-state index in [4.69, 9.17) is 10.5 Å². The van der Waals surface area contributed by atoms with Gasteiger partial charge in [0.25, 0.3) is 0 Å². The Morgan fingerprint density at radius 1 is 1.38 bits per heavy atom. The Hall–Kier alpha value is -1.09. The third kappa shape index (κ3) is 1.92. The van der Waals surface area contributed by atoms with E-state index < -0.39 is 0 Å². The fourth-order valence-corrected chi connectivity index (χ4v) is 2.15. The van der Waals surface area contributed by atoms with E-state index in [2.05, 4.69) is 18.8 Å². The molecule has 0 amide bonds. The van der Waals surface area contributed by atoms with Gasteiger partial charge in [0, 0.05) is 23.7 Å². The smallest absolute Gasteiger partial charge is 0.213 e. The molecule has 3 nitrogen and oxygen atoms in total. The van der Waals surface area contributed by atoms with Crippen molar-refractivity contribution >= 4 is 0 Å². The predicted molar refractivity (Wildman–Crippen MR) is 64.5 cm³/mol. The number of hydrogen-bond donors (Lipinski definition) is 1. The Kier molecular flexibility index (Phi) is 2.66. The molecule has 1 aliphatic rings. The van der Waals surface area contributed by atoms with Crippen LogP contribution in [0.1, 0.15) is 39.3 Å². The van der Waals surface area contributed by atoms with Gasteiger partial charge in [0.2, 0.25) is 5.88 Å². The molecule has 1 fully saturated rings. The minimum Gasteiger partial charge on any atom is -0.475 e. The van der Waals surface area contributed by atoms with Crippen molar-refractivity contribution in [3.63, 3.8) is 0 Å². The average molecular weight is 220 g/mol. The van der Waals surface area contributed by atoms with Gasteiger partial charge >= 0.3 is 0 Å². The fourth-order valence-electron chi connectivity index (χ4n) is 2.15. The van der Waals surface area contributed by atoms with Crippen LogP contribution in [0.3, 0.4) is 0 Å². The Balaban J connectivity index is 2.18. The fraction of sp³-hybridized carbons (Fsp3) is 0.615. The van der Waals surface area contributed by atoms with Gasteiger partial charge < -0.3 is 10.5 Å². The summed E-state index contributed by atoms with van der Waals surface area (Å²) in [6.07, 6.45) is 0.156. The molecule has 1 aliphatic carbocycles. The molecule has 0 saturated heterocycles.